The topological polar surface area (TPSA) is 24.6 Å². The van der Waals surface area contributed by atoms with E-state index in [-0.39, 0.29) is 0 Å². The molecule has 16 heavy (non-hydrogen) atoms. The Kier molecular flexibility index (Phi) is 10.1. The van der Waals surface area contributed by atoms with Crippen molar-refractivity contribution >= 4 is 17.7 Å². The minimum absolute atomic E-state index is 0.583. The molecule has 1 aromatic carbocycles. The van der Waals surface area contributed by atoms with E-state index >= 15 is 0 Å². The summed E-state index contributed by atoms with van der Waals surface area (Å²) in [5, 5.41) is 2.75. The molecule has 0 amide bonds. The molecule has 1 saturated heterocycles. The van der Waals surface area contributed by atoms with Crippen molar-refractivity contribution in [3.05, 3.63) is 41.4 Å². The van der Waals surface area contributed by atoms with Gasteiger partial charge in [0.25, 0.3) is 0 Å². The first-order valence-corrected chi connectivity index (χ1v) is 5.70. The van der Waals surface area contributed by atoms with Gasteiger partial charge in [0.1, 0.15) is 0 Å². The van der Waals surface area contributed by atoms with E-state index in [1.807, 2.05) is 50.5 Å². The van der Waals surface area contributed by atoms with Crippen molar-refractivity contribution in [1.29, 1.82) is 0 Å². The highest BCUT2D eigenvalue weighted by atomic mass is 35.5. The summed E-state index contributed by atoms with van der Waals surface area (Å²) in [5.41, 5.74) is 2.64. The highest BCUT2D eigenvalue weighted by Gasteiger charge is 2.13. The summed E-state index contributed by atoms with van der Waals surface area (Å²) in [6.45, 7) is 3.04. The zero-order valence-corrected chi connectivity index (χ0v) is 10.9. The van der Waals surface area contributed by atoms with E-state index in [1.165, 1.54) is 5.54 Å². The molecule has 3 heteroatoms. The van der Waals surface area contributed by atoms with Crippen molar-refractivity contribution in [2.75, 3.05) is 20.7 Å². The molecule has 2 nitrogen and oxygen atoms in total. The van der Waals surface area contributed by atoms with E-state index < -0.39 is 0 Å². The second-order valence-corrected chi connectivity index (χ2v) is 3.60. The predicted octanol–water partition coefficient (Wildman–Crippen LogP) is 3.14. The van der Waals surface area contributed by atoms with E-state index in [2.05, 4.69) is 12.2 Å². The molecular weight excluding hydrogens is 222 g/mol. The summed E-state index contributed by atoms with van der Waals surface area (Å²) in [4.78, 5) is 0. The quantitative estimate of drug-likeness (QED) is 0.764. The molecule has 0 saturated carbocycles. The van der Waals surface area contributed by atoms with Gasteiger partial charge in [-0.15, -0.1) is 0 Å². The predicted molar refractivity (Wildman–Crippen MR) is 71.7 cm³/mol. The third-order valence-corrected chi connectivity index (χ3v) is 1.68. The summed E-state index contributed by atoms with van der Waals surface area (Å²) in [6, 6.07) is 9.93. The van der Waals surface area contributed by atoms with Gasteiger partial charge in [-0.05, 0) is 32.7 Å². The lowest BCUT2D eigenvalue weighted by Crippen LogP contribution is -1.89. The van der Waals surface area contributed by atoms with E-state index in [0.29, 0.717) is 6.10 Å². The second kappa shape index (κ2) is 10.7. The number of hydrogen-bond donors (Lipinski definition) is 1. The lowest BCUT2D eigenvalue weighted by molar-refractivity contribution is 0.423. The lowest BCUT2D eigenvalue weighted by Gasteiger charge is -1.86. The van der Waals surface area contributed by atoms with Crippen LogP contribution in [0, 0.1) is 0 Å². The molecule has 0 aliphatic carbocycles. The Morgan fingerprint density at radius 3 is 2.06 bits per heavy atom. The molecule has 2 rings (SSSR count). The monoisotopic (exact) mass is 241 g/mol. The SMILES string of the molecule is CC1CO1.CNC.ClC=Cc1ccccc1. The Balaban J connectivity index is 0.000000266. The van der Waals surface area contributed by atoms with Crippen molar-refractivity contribution in [3.8, 4) is 0 Å². The third-order valence-electron chi connectivity index (χ3n) is 1.56. The molecule has 0 aromatic heterocycles. The number of benzene rings is 1. The number of rotatable bonds is 1. The molecule has 0 radical (unpaired) electrons. The first kappa shape index (κ1) is 15.2. The number of ether oxygens (including phenoxy) is 1. The molecule has 1 heterocycles. The van der Waals surface area contributed by atoms with Gasteiger partial charge in [-0.25, -0.2) is 0 Å². The van der Waals surface area contributed by atoms with Gasteiger partial charge in [0, 0.05) is 5.54 Å². The van der Waals surface area contributed by atoms with Crippen LogP contribution in [0.3, 0.4) is 0 Å². The molecule has 1 aliphatic heterocycles. The van der Waals surface area contributed by atoms with Gasteiger partial charge in [-0.1, -0.05) is 41.9 Å². The normalized spacial score (nSPS) is 16.9. The van der Waals surface area contributed by atoms with Gasteiger partial charge in [0.2, 0.25) is 0 Å². The van der Waals surface area contributed by atoms with E-state index in [1.54, 1.807) is 0 Å². The largest absolute Gasteiger partial charge is 0.373 e. The summed E-state index contributed by atoms with van der Waals surface area (Å²) < 4.78 is 4.71. The summed E-state index contributed by atoms with van der Waals surface area (Å²) in [6.07, 6.45) is 2.43. The number of halogens is 1. The Labute approximate surface area is 103 Å². The minimum atomic E-state index is 0.583. The van der Waals surface area contributed by atoms with Crippen LogP contribution in [0.5, 0.6) is 0 Å². The van der Waals surface area contributed by atoms with Crippen LogP contribution in [0.1, 0.15) is 12.5 Å². The van der Waals surface area contributed by atoms with Crippen LogP contribution in [-0.4, -0.2) is 26.8 Å². The molecule has 1 atom stereocenters. The summed E-state index contributed by atoms with van der Waals surface area (Å²) in [7, 11) is 3.75. The van der Waals surface area contributed by atoms with Crippen LogP contribution in [0.2, 0.25) is 0 Å². The van der Waals surface area contributed by atoms with Gasteiger partial charge in [0.05, 0.1) is 12.7 Å². The maximum absolute atomic E-state index is 5.36. The smallest absolute Gasteiger partial charge is 0.0781 e. The molecule has 0 bridgehead atoms. The minimum Gasteiger partial charge on any atom is -0.373 e. The average Bonchev–Trinajstić information content (AvgIpc) is 3.05. The summed E-state index contributed by atoms with van der Waals surface area (Å²) in [5.74, 6) is 0. The maximum Gasteiger partial charge on any atom is 0.0781 e. The van der Waals surface area contributed by atoms with Gasteiger partial charge in [0.15, 0.2) is 0 Å². The Morgan fingerprint density at radius 1 is 1.31 bits per heavy atom. The standard InChI is InChI=1S/C8H7Cl.C3H6O.C2H7N/c9-7-6-8-4-2-1-3-5-8;1-3-2-4-3;1-3-2/h1-7H;3H,2H2,1H3;3H,1-2H3. The van der Waals surface area contributed by atoms with Crippen molar-refractivity contribution in [1.82, 2.24) is 5.32 Å². The van der Waals surface area contributed by atoms with Crippen LogP contribution < -0.4 is 5.32 Å². The van der Waals surface area contributed by atoms with E-state index in [0.717, 1.165) is 12.2 Å². The van der Waals surface area contributed by atoms with Crippen LogP contribution in [0.15, 0.2) is 35.9 Å². The van der Waals surface area contributed by atoms with Gasteiger partial charge in [-0.3, -0.25) is 0 Å². The highest BCUT2D eigenvalue weighted by molar-refractivity contribution is 6.27. The fourth-order valence-electron chi connectivity index (χ4n) is 0.733. The van der Waals surface area contributed by atoms with Crippen molar-refractivity contribution in [3.63, 3.8) is 0 Å². The molecule has 1 N–H and O–H groups in total. The lowest BCUT2D eigenvalue weighted by atomic mass is 10.2. The molecule has 1 fully saturated rings. The zero-order chi connectivity index (χ0) is 12.2. The second-order valence-electron chi connectivity index (χ2n) is 3.35. The maximum atomic E-state index is 5.36. The Morgan fingerprint density at radius 2 is 1.75 bits per heavy atom. The zero-order valence-electron chi connectivity index (χ0n) is 10.1. The number of nitrogens with one attached hydrogen (secondary N) is 1. The third kappa shape index (κ3) is 11.2. The first-order chi connectivity index (χ1) is 7.74. The van der Waals surface area contributed by atoms with E-state index in [9.17, 15) is 0 Å². The fourth-order valence-corrected chi connectivity index (χ4v) is 0.879. The molecule has 0 spiro atoms. The molecule has 1 unspecified atom stereocenters. The Bertz CT molecular complexity index is 271. The first-order valence-electron chi connectivity index (χ1n) is 5.26. The average molecular weight is 242 g/mol. The molecule has 1 aliphatic rings. The van der Waals surface area contributed by atoms with Crippen molar-refractivity contribution < 1.29 is 4.74 Å². The number of hydrogen-bond acceptors (Lipinski definition) is 2. The van der Waals surface area contributed by atoms with Gasteiger partial charge < -0.3 is 10.1 Å². The highest BCUT2D eigenvalue weighted by Crippen LogP contribution is 2.04. The van der Waals surface area contributed by atoms with Gasteiger partial charge >= 0.3 is 0 Å². The number of epoxide rings is 1. The Hall–Kier alpha value is -0.830. The van der Waals surface area contributed by atoms with Crippen LogP contribution in [-0.2, 0) is 4.74 Å². The summed E-state index contributed by atoms with van der Waals surface area (Å²) >= 11 is 5.36. The van der Waals surface area contributed by atoms with Crippen molar-refractivity contribution in [2.45, 2.75) is 13.0 Å². The van der Waals surface area contributed by atoms with Gasteiger partial charge in [-0.2, -0.15) is 0 Å². The fraction of sp³-hybridized carbons (Fsp3) is 0.385. The van der Waals surface area contributed by atoms with Crippen LogP contribution in [0.25, 0.3) is 6.08 Å². The molecule has 90 valence electrons. The van der Waals surface area contributed by atoms with Crippen molar-refractivity contribution in [2.24, 2.45) is 0 Å². The molecule has 1 aromatic rings. The van der Waals surface area contributed by atoms with Crippen LogP contribution in [0.4, 0.5) is 0 Å². The molecular formula is C13H20ClNO. The van der Waals surface area contributed by atoms with E-state index in [4.69, 9.17) is 16.3 Å². The van der Waals surface area contributed by atoms with Crippen LogP contribution >= 0.6 is 11.6 Å².